The molecule has 0 spiro atoms. The van der Waals surface area contributed by atoms with E-state index < -0.39 is 0 Å². The molecular formula is C22H25ClN2O4. The zero-order valence-corrected chi connectivity index (χ0v) is 16.9. The Labute approximate surface area is 174 Å². The molecule has 1 saturated heterocycles. The van der Waals surface area contributed by atoms with E-state index in [1.807, 2.05) is 0 Å². The average Bonchev–Trinajstić information content (AvgIpc) is 3.38. The molecule has 1 aliphatic heterocycles. The number of rotatable bonds is 3. The molecule has 29 heavy (non-hydrogen) atoms. The lowest BCUT2D eigenvalue weighted by molar-refractivity contribution is -0.144. The lowest BCUT2D eigenvalue weighted by atomic mass is 9.81. The Morgan fingerprint density at radius 2 is 1.62 bits per heavy atom. The van der Waals surface area contributed by atoms with Gasteiger partial charge < -0.3 is 10.4 Å². The minimum atomic E-state index is -0.190. The van der Waals surface area contributed by atoms with E-state index in [0.29, 0.717) is 48.2 Å². The second kappa shape index (κ2) is 7.01. The second-order valence-electron chi connectivity index (χ2n) is 9.09. The van der Waals surface area contributed by atoms with E-state index in [9.17, 15) is 19.5 Å². The van der Waals surface area contributed by atoms with Gasteiger partial charge in [-0.05, 0) is 68.9 Å². The predicted octanol–water partition coefficient (Wildman–Crippen LogP) is 3.57. The fourth-order valence-electron chi connectivity index (χ4n) is 6.23. The van der Waals surface area contributed by atoms with Gasteiger partial charge in [0.15, 0.2) is 0 Å². The largest absolute Gasteiger partial charge is 0.506 e. The summed E-state index contributed by atoms with van der Waals surface area (Å²) in [5.41, 5.74) is 0.342. The standard InChI is InChI=1S/C22H25ClN2O4/c23-14-5-8-16(17(26)10-14)24-20(27)11-3-6-15(7-4-11)25-21(28)18-12-1-2-13(9-12)19(18)22(25)29/h5,8,10-13,15,18-19,26H,1-4,6-7,9H2,(H,24,27)/t11?,12-,13+,15?,18+,19-. The third kappa shape index (κ3) is 3.03. The van der Waals surface area contributed by atoms with E-state index in [1.54, 1.807) is 17.0 Å². The molecule has 0 unspecified atom stereocenters. The van der Waals surface area contributed by atoms with E-state index >= 15 is 0 Å². The molecule has 0 aromatic heterocycles. The third-order valence-corrected chi connectivity index (χ3v) is 7.85. The number of hydrogen-bond acceptors (Lipinski definition) is 4. The first kappa shape index (κ1) is 18.9. The van der Waals surface area contributed by atoms with Crippen LogP contribution in [0.2, 0.25) is 5.02 Å². The van der Waals surface area contributed by atoms with Gasteiger partial charge in [0, 0.05) is 23.0 Å². The topological polar surface area (TPSA) is 86.7 Å². The zero-order valence-electron chi connectivity index (χ0n) is 16.1. The first-order valence-corrected chi connectivity index (χ1v) is 11.0. The number of aromatic hydroxyl groups is 1. The van der Waals surface area contributed by atoms with Crippen LogP contribution in [0, 0.1) is 29.6 Å². The van der Waals surface area contributed by atoms with Crippen LogP contribution in [0.15, 0.2) is 18.2 Å². The lowest BCUT2D eigenvalue weighted by Crippen LogP contribution is -2.44. The van der Waals surface area contributed by atoms with Crippen LogP contribution in [0.3, 0.4) is 0 Å². The predicted molar refractivity (Wildman–Crippen MR) is 107 cm³/mol. The fraction of sp³-hybridized carbons (Fsp3) is 0.591. The monoisotopic (exact) mass is 416 g/mol. The summed E-state index contributed by atoms with van der Waals surface area (Å²) in [4.78, 5) is 40.2. The van der Waals surface area contributed by atoms with E-state index in [0.717, 1.165) is 19.3 Å². The molecular weight excluding hydrogens is 392 g/mol. The highest BCUT2D eigenvalue weighted by Crippen LogP contribution is 2.56. The van der Waals surface area contributed by atoms with E-state index in [-0.39, 0.29) is 47.3 Å². The third-order valence-electron chi connectivity index (χ3n) is 7.61. The molecule has 4 aliphatic rings. The van der Waals surface area contributed by atoms with Crippen LogP contribution in [-0.4, -0.2) is 33.8 Å². The van der Waals surface area contributed by atoms with Crippen molar-refractivity contribution in [3.05, 3.63) is 23.2 Å². The lowest BCUT2D eigenvalue weighted by Gasteiger charge is -2.33. The maximum atomic E-state index is 13.0. The molecule has 4 atom stereocenters. The molecule has 1 aromatic carbocycles. The number of nitrogens with zero attached hydrogens (tertiary/aromatic N) is 1. The van der Waals surface area contributed by atoms with Crippen LogP contribution in [0.1, 0.15) is 44.9 Å². The number of likely N-dealkylation sites (tertiary alicyclic amines) is 1. The minimum absolute atomic E-state index is 0.0474. The van der Waals surface area contributed by atoms with Crippen molar-refractivity contribution in [2.45, 2.75) is 51.0 Å². The summed E-state index contributed by atoms with van der Waals surface area (Å²) in [6.07, 6.45) is 5.81. The number of phenolic OH excluding ortho intramolecular Hbond substituents is 1. The summed E-state index contributed by atoms with van der Waals surface area (Å²) in [6.45, 7) is 0. The number of phenols is 1. The van der Waals surface area contributed by atoms with Crippen molar-refractivity contribution >= 4 is 35.0 Å². The Kier molecular flexibility index (Phi) is 4.57. The smallest absolute Gasteiger partial charge is 0.233 e. The van der Waals surface area contributed by atoms with Gasteiger partial charge in [-0.1, -0.05) is 11.6 Å². The first-order valence-electron chi connectivity index (χ1n) is 10.6. The van der Waals surface area contributed by atoms with Crippen LogP contribution in [0.5, 0.6) is 5.75 Å². The highest BCUT2D eigenvalue weighted by Gasteiger charge is 2.61. The van der Waals surface area contributed by atoms with Gasteiger partial charge >= 0.3 is 0 Å². The Balaban J connectivity index is 1.21. The van der Waals surface area contributed by atoms with Gasteiger partial charge in [0.25, 0.3) is 0 Å². The number of amides is 3. The number of benzene rings is 1. The number of fused-ring (bicyclic) bond motifs is 5. The molecule has 3 aliphatic carbocycles. The molecule has 1 heterocycles. The van der Waals surface area contributed by atoms with Crippen molar-refractivity contribution in [2.24, 2.45) is 29.6 Å². The number of hydrogen-bond donors (Lipinski definition) is 2. The van der Waals surface area contributed by atoms with Crippen molar-refractivity contribution in [3.8, 4) is 5.75 Å². The number of nitrogens with one attached hydrogen (secondary N) is 1. The van der Waals surface area contributed by atoms with Crippen molar-refractivity contribution in [2.75, 3.05) is 5.32 Å². The van der Waals surface area contributed by atoms with Gasteiger partial charge in [-0.3, -0.25) is 19.3 Å². The second-order valence-corrected chi connectivity index (χ2v) is 9.52. The summed E-state index contributed by atoms with van der Waals surface area (Å²) in [5.74, 6) is 0.359. The zero-order chi connectivity index (χ0) is 20.3. The first-order chi connectivity index (χ1) is 13.9. The van der Waals surface area contributed by atoms with Gasteiger partial charge in [-0.25, -0.2) is 0 Å². The molecule has 3 saturated carbocycles. The summed E-state index contributed by atoms with van der Waals surface area (Å²) in [7, 11) is 0. The average molecular weight is 417 g/mol. The summed E-state index contributed by atoms with van der Waals surface area (Å²) < 4.78 is 0. The van der Waals surface area contributed by atoms with Gasteiger partial charge in [-0.15, -0.1) is 0 Å². The van der Waals surface area contributed by atoms with Gasteiger partial charge in [0.2, 0.25) is 17.7 Å². The molecule has 0 radical (unpaired) electrons. The SMILES string of the molecule is O=C(Nc1ccc(Cl)cc1O)C1CCC(N2C(=O)[C@@H]3[C@H]4CC[C@H](C4)[C@@H]3C2=O)CC1. The van der Waals surface area contributed by atoms with E-state index in [2.05, 4.69) is 5.32 Å². The molecule has 3 amide bonds. The van der Waals surface area contributed by atoms with E-state index in [1.165, 1.54) is 6.07 Å². The Morgan fingerprint density at radius 3 is 2.21 bits per heavy atom. The number of carbonyl (C=O) groups excluding carboxylic acids is 3. The van der Waals surface area contributed by atoms with Crippen molar-refractivity contribution in [3.63, 3.8) is 0 Å². The van der Waals surface area contributed by atoms with Crippen LogP contribution in [0.4, 0.5) is 5.69 Å². The Hall–Kier alpha value is -2.08. The normalized spacial score (nSPS) is 35.8. The molecule has 6 nitrogen and oxygen atoms in total. The van der Waals surface area contributed by atoms with Crippen molar-refractivity contribution < 1.29 is 19.5 Å². The Morgan fingerprint density at radius 1 is 1.00 bits per heavy atom. The molecule has 2 bridgehead atoms. The number of halogens is 1. The van der Waals surface area contributed by atoms with Gasteiger partial charge in [-0.2, -0.15) is 0 Å². The fourth-order valence-corrected chi connectivity index (χ4v) is 6.40. The van der Waals surface area contributed by atoms with E-state index in [4.69, 9.17) is 11.6 Å². The Bertz CT molecular complexity index is 852. The van der Waals surface area contributed by atoms with Crippen molar-refractivity contribution in [1.82, 2.24) is 4.90 Å². The van der Waals surface area contributed by atoms with Crippen LogP contribution >= 0.6 is 11.6 Å². The quantitative estimate of drug-likeness (QED) is 0.582. The molecule has 5 rings (SSSR count). The summed E-state index contributed by atoms with van der Waals surface area (Å²) in [5, 5.41) is 13.1. The highest BCUT2D eigenvalue weighted by atomic mass is 35.5. The molecule has 4 fully saturated rings. The molecule has 154 valence electrons. The van der Waals surface area contributed by atoms with Crippen LogP contribution in [0.25, 0.3) is 0 Å². The van der Waals surface area contributed by atoms with Gasteiger partial charge in [0.1, 0.15) is 5.75 Å². The maximum Gasteiger partial charge on any atom is 0.233 e. The number of carbonyl (C=O) groups is 3. The van der Waals surface area contributed by atoms with Gasteiger partial charge in [0.05, 0.1) is 17.5 Å². The molecule has 1 aromatic rings. The van der Waals surface area contributed by atoms with Crippen molar-refractivity contribution in [1.29, 1.82) is 0 Å². The number of imide groups is 1. The summed E-state index contributed by atoms with van der Waals surface area (Å²) in [6, 6.07) is 4.51. The van der Waals surface area contributed by atoms with Crippen LogP contribution < -0.4 is 5.32 Å². The highest BCUT2D eigenvalue weighted by molar-refractivity contribution is 6.30. The maximum absolute atomic E-state index is 13.0. The minimum Gasteiger partial charge on any atom is -0.506 e. The molecule has 7 heteroatoms. The molecule has 2 N–H and O–H groups in total. The van der Waals surface area contributed by atoms with Crippen LogP contribution in [-0.2, 0) is 14.4 Å². The summed E-state index contributed by atoms with van der Waals surface area (Å²) >= 11 is 5.83. The number of anilines is 1.